The Morgan fingerprint density at radius 1 is 1.16 bits per heavy atom. The van der Waals surface area contributed by atoms with Gasteiger partial charge in [0, 0.05) is 18.2 Å². The molecule has 0 spiro atoms. The molecule has 2 rings (SSSR count). The molecule has 19 heavy (non-hydrogen) atoms. The molecule has 0 atom stereocenters. The number of benzene rings is 2. The molecule has 0 amide bonds. The van der Waals surface area contributed by atoms with Gasteiger partial charge in [0.05, 0.1) is 10.6 Å². The van der Waals surface area contributed by atoms with Crippen LogP contribution in [0.2, 0.25) is 0 Å². The van der Waals surface area contributed by atoms with E-state index in [2.05, 4.69) is 10.2 Å². The van der Waals surface area contributed by atoms with Crippen molar-refractivity contribution < 1.29 is 14.4 Å². The number of azo groups is 1. The summed E-state index contributed by atoms with van der Waals surface area (Å²) in [4.78, 5) is 10.0. The molecular formula is C12H8FN3O3. The Kier molecular flexibility index (Phi) is 3.46. The molecule has 2 aromatic rings. The predicted molar refractivity (Wildman–Crippen MR) is 65.3 cm³/mol. The maximum absolute atomic E-state index is 13.3. The number of phenolic OH excluding ortho intramolecular Hbond substituents is 1. The molecule has 0 saturated heterocycles. The minimum Gasteiger partial charge on any atom is -0.508 e. The largest absolute Gasteiger partial charge is 0.508 e. The summed E-state index contributed by atoms with van der Waals surface area (Å²) in [7, 11) is 0. The van der Waals surface area contributed by atoms with E-state index in [4.69, 9.17) is 5.11 Å². The Labute approximate surface area is 107 Å². The molecule has 0 unspecified atom stereocenters. The maximum atomic E-state index is 13.3. The van der Waals surface area contributed by atoms with Crippen molar-refractivity contribution in [1.29, 1.82) is 0 Å². The van der Waals surface area contributed by atoms with Crippen LogP contribution in [-0.4, -0.2) is 10.0 Å². The van der Waals surface area contributed by atoms with Gasteiger partial charge in [0.25, 0.3) is 5.69 Å². The number of hydrogen-bond donors (Lipinski definition) is 1. The summed E-state index contributed by atoms with van der Waals surface area (Å²) < 4.78 is 13.3. The van der Waals surface area contributed by atoms with Crippen molar-refractivity contribution in [3.63, 3.8) is 0 Å². The third kappa shape index (κ3) is 3.09. The molecule has 0 heterocycles. The van der Waals surface area contributed by atoms with Crippen LogP contribution in [0.15, 0.2) is 52.7 Å². The summed E-state index contributed by atoms with van der Waals surface area (Å²) in [6, 6.07) is 8.94. The van der Waals surface area contributed by atoms with Crippen LogP contribution in [0.25, 0.3) is 0 Å². The molecule has 0 aliphatic rings. The number of hydrogen-bond acceptors (Lipinski definition) is 5. The first kappa shape index (κ1) is 12.6. The normalized spacial score (nSPS) is 10.8. The Balaban J connectivity index is 2.27. The lowest BCUT2D eigenvalue weighted by atomic mass is 10.3. The fourth-order valence-electron chi connectivity index (χ4n) is 1.36. The van der Waals surface area contributed by atoms with Crippen LogP contribution in [0.4, 0.5) is 21.5 Å². The van der Waals surface area contributed by atoms with Crippen molar-refractivity contribution in [2.45, 2.75) is 0 Å². The molecule has 0 radical (unpaired) electrons. The molecule has 0 fully saturated rings. The molecular weight excluding hydrogens is 253 g/mol. The third-order valence-corrected chi connectivity index (χ3v) is 2.25. The van der Waals surface area contributed by atoms with E-state index in [-0.39, 0.29) is 22.8 Å². The molecule has 1 N–H and O–H groups in total. The van der Waals surface area contributed by atoms with Crippen LogP contribution in [0.1, 0.15) is 0 Å². The van der Waals surface area contributed by atoms with Crippen LogP contribution in [0.5, 0.6) is 5.75 Å². The van der Waals surface area contributed by atoms with E-state index in [1.807, 2.05) is 0 Å². The zero-order valence-electron chi connectivity index (χ0n) is 9.52. The average Bonchev–Trinajstić information content (AvgIpc) is 2.38. The van der Waals surface area contributed by atoms with Gasteiger partial charge in [-0.1, -0.05) is 6.07 Å². The summed E-state index contributed by atoms with van der Waals surface area (Å²) in [5.74, 6) is -0.944. The molecule has 0 saturated carbocycles. The van der Waals surface area contributed by atoms with Gasteiger partial charge in [-0.05, 0) is 18.2 Å². The van der Waals surface area contributed by atoms with Crippen LogP contribution in [0.3, 0.4) is 0 Å². The molecule has 0 aliphatic carbocycles. The van der Waals surface area contributed by atoms with Gasteiger partial charge in [-0.25, -0.2) is 4.39 Å². The first-order valence-electron chi connectivity index (χ1n) is 5.21. The Hall–Kier alpha value is -2.83. The van der Waals surface area contributed by atoms with Gasteiger partial charge in [0.1, 0.15) is 11.4 Å². The molecule has 2 aromatic carbocycles. The monoisotopic (exact) mass is 261 g/mol. The SMILES string of the molecule is O=[N+]([O-])c1cccc(N=Nc2ccc(O)cc2F)c1. The zero-order valence-corrected chi connectivity index (χ0v) is 9.52. The number of halogens is 1. The van der Waals surface area contributed by atoms with Crippen molar-refractivity contribution in [3.8, 4) is 5.75 Å². The predicted octanol–water partition coefficient (Wildman–Crippen LogP) is 3.85. The van der Waals surface area contributed by atoms with Crippen molar-refractivity contribution in [1.82, 2.24) is 0 Å². The van der Waals surface area contributed by atoms with Crippen molar-refractivity contribution >= 4 is 17.1 Å². The van der Waals surface area contributed by atoms with E-state index in [1.165, 1.54) is 36.4 Å². The number of nitro benzene ring substituents is 1. The van der Waals surface area contributed by atoms with Gasteiger partial charge in [0.2, 0.25) is 0 Å². The Morgan fingerprint density at radius 3 is 2.63 bits per heavy atom. The average molecular weight is 261 g/mol. The number of non-ortho nitro benzene ring substituents is 1. The highest BCUT2D eigenvalue weighted by atomic mass is 19.1. The molecule has 7 heteroatoms. The second-order valence-electron chi connectivity index (χ2n) is 3.61. The van der Waals surface area contributed by atoms with Gasteiger partial charge >= 0.3 is 0 Å². The molecule has 0 aliphatic heterocycles. The fraction of sp³-hybridized carbons (Fsp3) is 0. The molecule has 0 aromatic heterocycles. The van der Waals surface area contributed by atoms with Crippen LogP contribution in [-0.2, 0) is 0 Å². The highest BCUT2D eigenvalue weighted by Crippen LogP contribution is 2.25. The number of rotatable bonds is 3. The summed E-state index contributed by atoms with van der Waals surface area (Å²) in [6.07, 6.45) is 0. The lowest BCUT2D eigenvalue weighted by Crippen LogP contribution is -1.85. The van der Waals surface area contributed by atoms with Gasteiger partial charge in [-0.3, -0.25) is 10.1 Å². The third-order valence-electron chi connectivity index (χ3n) is 2.25. The summed E-state index contributed by atoms with van der Waals surface area (Å²) >= 11 is 0. The summed E-state index contributed by atoms with van der Waals surface area (Å²) in [5.41, 5.74) is 0.0496. The van der Waals surface area contributed by atoms with Gasteiger partial charge < -0.3 is 5.11 Å². The molecule has 6 nitrogen and oxygen atoms in total. The summed E-state index contributed by atoms with van der Waals surface area (Å²) in [5, 5.41) is 26.9. The second-order valence-corrected chi connectivity index (χ2v) is 3.61. The minimum atomic E-state index is -0.728. The van der Waals surface area contributed by atoms with E-state index in [0.29, 0.717) is 0 Å². The lowest BCUT2D eigenvalue weighted by molar-refractivity contribution is -0.384. The van der Waals surface area contributed by atoms with Crippen molar-refractivity contribution in [2.24, 2.45) is 10.2 Å². The van der Waals surface area contributed by atoms with Crippen molar-refractivity contribution in [3.05, 3.63) is 58.4 Å². The van der Waals surface area contributed by atoms with Gasteiger partial charge in [-0.15, -0.1) is 5.11 Å². The van der Waals surface area contributed by atoms with E-state index >= 15 is 0 Å². The van der Waals surface area contributed by atoms with Gasteiger partial charge in [0.15, 0.2) is 5.82 Å². The topological polar surface area (TPSA) is 88.1 Å². The molecule has 96 valence electrons. The van der Waals surface area contributed by atoms with E-state index in [0.717, 1.165) is 6.07 Å². The highest BCUT2D eigenvalue weighted by Gasteiger charge is 2.05. The summed E-state index contributed by atoms with van der Waals surface area (Å²) in [6.45, 7) is 0. The standard InChI is InChI=1S/C12H8FN3O3/c13-11-7-10(17)4-5-12(11)15-14-8-2-1-3-9(6-8)16(18)19/h1-7,17H. The smallest absolute Gasteiger partial charge is 0.271 e. The number of nitrogens with zero attached hydrogens (tertiary/aromatic N) is 3. The van der Waals surface area contributed by atoms with Crippen LogP contribution >= 0.6 is 0 Å². The first-order chi connectivity index (χ1) is 9.06. The first-order valence-corrected chi connectivity index (χ1v) is 5.21. The zero-order chi connectivity index (χ0) is 13.8. The Bertz CT molecular complexity index is 658. The van der Waals surface area contributed by atoms with E-state index in [1.54, 1.807) is 0 Å². The number of aromatic hydroxyl groups is 1. The quantitative estimate of drug-likeness (QED) is 0.517. The Morgan fingerprint density at radius 2 is 1.95 bits per heavy atom. The van der Waals surface area contributed by atoms with Crippen LogP contribution < -0.4 is 0 Å². The number of nitro groups is 1. The molecule has 0 bridgehead atoms. The number of phenols is 1. The fourth-order valence-corrected chi connectivity index (χ4v) is 1.36. The van der Waals surface area contributed by atoms with E-state index < -0.39 is 10.7 Å². The second kappa shape index (κ2) is 5.21. The minimum absolute atomic E-state index is 0.0655. The van der Waals surface area contributed by atoms with Gasteiger partial charge in [-0.2, -0.15) is 5.11 Å². The van der Waals surface area contributed by atoms with E-state index in [9.17, 15) is 14.5 Å². The maximum Gasteiger partial charge on any atom is 0.271 e. The lowest BCUT2D eigenvalue weighted by Gasteiger charge is -1.97. The van der Waals surface area contributed by atoms with Crippen molar-refractivity contribution in [2.75, 3.05) is 0 Å². The van der Waals surface area contributed by atoms with Crippen LogP contribution in [0, 0.1) is 15.9 Å². The highest BCUT2D eigenvalue weighted by molar-refractivity contribution is 5.47.